The Morgan fingerprint density at radius 2 is 0.829 bits per heavy atom. The zero-order valence-corrected chi connectivity index (χ0v) is 22.8. The maximum Gasteiger partial charge on any atom is 0.311 e. The molecule has 5 rings (SSSR count). The number of hydrogen-bond acceptors (Lipinski definition) is 4. The first-order valence-electron chi connectivity index (χ1n) is 13.7. The van der Waals surface area contributed by atoms with Crippen molar-refractivity contribution >= 4 is 11.9 Å². The van der Waals surface area contributed by atoms with Gasteiger partial charge in [-0.2, -0.15) is 0 Å². The van der Waals surface area contributed by atoms with Crippen molar-refractivity contribution in [2.45, 2.75) is 25.0 Å². The van der Waals surface area contributed by atoms with Crippen LogP contribution in [0.15, 0.2) is 152 Å². The maximum atomic E-state index is 14.3. The summed E-state index contributed by atoms with van der Waals surface area (Å²) >= 11 is 0. The van der Waals surface area contributed by atoms with Crippen LogP contribution in [0.2, 0.25) is 0 Å². The molecule has 0 aliphatic rings. The van der Waals surface area contributed by atoms with E-state index >= 15 is 0 Å². The van der Waals surface area contributed by atoms with Gasteiger partial charge in [0.15, 0.2) is 0 Å². The van der Waals surface area contributed by atoms with E-state index in [2.05, 4.69) is 0 Å². The first-order chi connectivity index (χ1) is 20.2. The Labute approximate surface area is 241 Å². The van der Waals surface area contributed by atoms with Crippen LogP contribution in [0.5, 0.6) is 0 Å². The Balaban J connectivity index is 1.61. The molecular weight excluding hydrogens is 508 g/mol. The van der Waals surface area contributed by atoms with E-state index in [-0.39, 0.29) is 19.6 Å². The summed E-state index contributed by atoms with van der Waals surface area (Å²) in [5.41, 5.74) is 3.38. The lowest BCUT2D eigenvalue weighted by Crippen LogP contribution is -2.44. The van der Waals surface area contributed by atoms with E-state index in [0.29, 0.717) is 0 Å². The van der Waals surface area contributed by atoms with Crippen molar-refractivity contribution in [1.29, 1.82) is 0 Å². The van der Waals surface area contributed by atoms with Crippen LogP contribution >= 0.6 is 0 Å². The van der Waals surface area contributed by atoms with E-state index in [1.807, 2.05) is 152 Å². The van der Waals surface area contributed by atoms with Crippen molar-refractivity contribution in [2.75, 3.05) is 0 Å². The van der Waals surface area contributed by atoms with Gasteiger partial charge in [-0.05, 0) is 27.8 Å². The van der Waals surface area contributed by atoms with E-state index in [1.165, 1.54) is 0 Å². The largest absolute Gasteiger partial charge is 0.461 e. The molecule has 4 nitrogen and oxygen atoms in total. The number of esters is 2. The smallest absolute Gasteiger partial charge is 0.311 e. The molecule has 1 atom stereocenters. The van der Waals surface area contributed by atoms with Crippen LogP contribution in [0.25, 0.3) is 0 Å². The normalized spacial score (nSPS) is 11.8. The molecule has 0 aliphatic heterocycles. The lowest BCUT2D eigenvalue weighted by Gasteiger charge is -2.41. The maximum absolute atomic E-state index is 14.3. The number of rotatable bonds is 11. The lowest BCUT2D eigenvalue weighted by molar-refractivity contribution is -0.158. The van der Waals surface area contributed by atoms with Gasteiger partial charge in [0.2, 0.25) is 0 Å². The fourth-order valence-corrected chi connectivity index (χ4v) is 5.41. The van der Waals surface area contributed by atoms with Crippen LogP contribution in [0.4, 0.5) is 0 Å². The quantitative estimate of drug-likeness (QED) is 0.128. The molecule has 0 bridgehead atoms. The van der Waals surface area contributed by atoms with Gasteiger partial charge in [0, 0.05) is 0 Å². The Bertz CT molecular complexity index is 1420. The predicted molar refractivity (Wildman–Crippen MR) is 160 cm³/mol. The van der Waals surface area contributed by atoms with E-state index in [9.17, 15) is 9.59 Å². The fourth-order valence-electron chi connectivity index (χ4n) is 5.41. The summed E-state index contributed by atoms with van der Waals surface area (Å²) in [5.74, 6) is -1.86. The monoisotopic (exact) mass is 540 g/mol. The minimum absolute atomic E-state index is 0.101. The number of carbonyl (C=O) groups excluding carboxylic acids is 2. The van der Waals surface area contributed by atoms with Crippen molar-refractivity contribution < 1.29 is 19.1 Å². The molecule has 0 N–H and O–H groups in total. The second kappa shape index (κ2) is 13.4. The first-order valence-corrected chi connectivity index (χ1v) is 13.7. The highest BCUT2D eigenvalue weighted by Gasteiger charge is 2.49. The van der Waals surface area contributed by atoms with Crippen LogP contribution in [0.1, 0.15) is 34.2 Å². The Morgan fingerprint density at radius 3 is 1.22 bits per heavy atom. The van der Waals surface area contributed by atoms with Gasteiger partial charge in [-0.15, -0.1) is 0 Å². The molecule has 0 radical (unpaired) electrons. The molecular formula is C37H32O4. The van der Waals surface area contributed by atoms with E-state index in [4.69, 9.17) is 9.47 Å². The fraction of sp³-hybridized carbons (Fsp3) is 0.135. The lowest BCUT2D eigenvalue weighted by atomic mass is 9.61. The third-order valence-electron chi connectivity index (χ3n) is 7.33. The van der Waals surface area contributed by atoms with Gasteiger partial charge < -0.3 is 9.47 Å². The van der Waals surface area contributed by atoms with Crippen molar-refractivity contribution in [1.82, 2.24) is 0 Å². The minimum atomic E-state index is -1.02. The third-order valence-corrected chi connectivity index (χ3v) is 7.33. The molecule has 0 fully saturated rings. The third kappa shape index (κ3) is 6.44. The van der Waals surface area contributed by atoms with E-state index in [0.717, 1.165) is 27.8 Å². The van der Waals surface area contributed by atoms with Crippen LogP contribution in [-0.2, 0) is 37.7 Å². The van der Waals surface area contributed by atoms with Gasteiger partial charge in [0.05, 0.1) is 17.8 Å². The Morgan fingerprint density at radius 1 is 0.488 bits per heavy atom. The zero-order chi connectivity index (χ0) is 28.3. The number of ether oxygens (including phenoxy) is 2. The Hall–Kier alpha value is -4.96. The predicted octanol–water partition coefficient (Wildman–Crippen LogP) is 7.51. The molecule has 0 spiro atoms. The van der Waals surface area contributed by atoms with Crippen LogP contribution in [-0.4, -0.2) is 11.9 Å². The standard InChI is InChI=1S/C37H32O4/c38-35(40-27-29-16-6-1-7-17-29)26-34(36(39)41-28-30-18-8-2-9-19-30)37(31-20-10-3-11-21-31,32-22-12-4-13-23-32)33-24-14-5-15-25-33/h1-25,34H,26-28H2. The number of hydrogen-bond donors (Lipinski definition) is 0. The molecule has 5 aromatic carbocycles. The van der Waals surface area contributed by atoms with Crippen LogP contribution in [0.3, 0.4) is 0 Å². The summed E-state index contributed by atoms with van der Waals surface area (Å²) in [6, 6.07) is 48.7. The van der Waals surface area contributed by atoms with Gasteiger partial charge in [-0.1, -0.05) is 152 Å². The summed E-state index contributed by atoms with van der Waals surface area (Å²) in [6.45, 7) is 0.226. The topological polar surface area (TPSA) is 52.6 Å². The summed E-state index contributed by atoms with van der Waals surface area (Å²) < 4.78 is 11.7. The van der Waals surface area contributed by atoms with Crippen molar-refractivity contribution in [3.63, 3.8) is 0 Å². The number of carbonyl (C=O) groups is 2. The average Bonchev–Trinajstić information content (AvgIpc) is 3.05. The van der Waals surface area contributed by atoms with Gasteiger partial charge in [0.25, 0.3) is 0 Å². The minimum Gasteiger partial charge on any atom is -0.461 e. The molecule has 0 amide bonds. The molecule has 4 heteroatoms. The summed E-state index contributed by atoms with van der Waals surface area (Å²) in [5, 5.41) is 0. The number of benzene rings is 5. The second-order valence-corrected chi connectivity index (χ2v) is 9.90. The molecule has 0 saturated heterocycles. The van der Waals surface area contributed by atoms with Crippen molar-refractivity contribution in [3.05, 3.63) is 179 Å². The van der Waals surface area contributed by atoms with Crippen molar-refractivity contribution in [2.24, 2.45) is 5.92 Å². The van der Waals surface area contributed by atoms with Gasteiger partial charge in [0.1, 0.15) is 13.2 Å². The molecule has 0 heterocycles. The van der Waals surface area contributed by atoms with Crippen LogP contribution in [0, 0.1) is 5.92 Å². The highest BCUT2D eigenvalue weighted by molar-refractivity contribution is 5.84. The van der Waals surface area contributed by atoms with Gasteiger partial charge in [-0.25, -0.2) is 0 Å². The molecule has 1 unspecified atom stereocenters. The first kappa shape index (κ1) is 27.6. The average molecular weight is 541 g/mol. The van der Waals surface area contributed by atoms with Crippen molar-refractivity contribution in [3.8, 4) is 0 Å². The highest BCUT2D eigenvalue weighted by Crippen LogP contribution is 2.47. The van der Waals surface area contributed by atoms with Crippen LogP contribution < -0.4 is 0 Å². The Kier molecular flexibility index (Phi) is 9.02. The summed E-state index contributed by atoms with van der Waals surface area (Å²) in [7, 11) is 0. The van der Waals surface area contributed by atoms with Gasteiger partial charge in [-0.3, -0.25) is 9.59 Å². The summed E-state index contributed by atoms with van der Waals surface area (Å²) in [6.07, 6.45) is -0.168. The molecule has 204 valence electrons. The highest BCUT2D eigenvalue weighted by atomic mass is 16.5. The summed E-state index contributed by atoms with van der Waals surface area (Å²) in [4.78, 5) is 27.8. The SMILES string of the molecule is O=C(CC(C(=O)OCc1ccccc1)C(c1ccccc1)(c1ccccc1)c1ccccc1)OCc1ccccc1. The molecule has 41 heavy (non-hydrogen) atoms. The molecule has 0 saturated carbocycles. The molecule has 5 aromatic rings. The van der Waals surface area contributed by atoms with E-state index < -0.39 is 23.3 Å². The van der Waals surface area contributed by atoms with Gasteiger partial charge >= 0.3 is 11.9 Å². The second-order valence-electron chi connectivity index (χ2n) is 9.90. The molecule has 0 aromatic heterocycles. The molecule has 0 aliphatic carbocycles. The zero-order valence-electron chi connectivity index (χ0n) is 22.8. The van der Waals surface area contributed by atoms with E-state index in [1.54, 1.807) is 0 Å².